The lowest BCUT2D eigenvalue weighted by atomic mass is 10.2. The number of hydrogen-bond acceptors (Lipinski definition) is 3. The molecule has 0 atom stereocenters. The first-order chi connectivity index (χ1) is 10.5. The van der Waals surface area contributed by atoms with Crippen LogP contribution in [0.1, 0.15) is 60.8 Å². The highest BCUT2D eigenvalue weighted by Gasteiger charge is 2.40. The van der Waals surface area contributed by atoms with Gasteiger partial charge >= 0.3 is 8.56 Å². The van der Waals surface area contributed by atoms with Gasteiger partial charge in [0.2, 0.25) is 0 Å². The average Bonchev–Trinajstić information content (AvgIpc) is 2.41. The molecule has 0 heterocycles. The molecule has 0 unspecified atom stereocenters. The number of unbranched alkanes of at least 4 members (excludes halogenated alkanes) is 1. The van der Waals surface area contributed by atoms with Gasteiger partial charge in [0.15, 0.2) is 0 Å². The van der Waals surface area contributed by atoms with E-state index in [1.807, 2.05) is 0 Å². The summed E-state index contributed by atoms with van der Waals surface area (Å²) < 4.78 is 14.8. The van der Waals surface area contributed by atoms with Crippen LogP contribution in [0.15, 0.2) is 0 Å². The van der Waals surface area contributed by atoms with Crippen molar-refractivity contribution in [3.8, 4) is 0 Å². The van der Waals surface area contributed by atoms with Gasteiger partial charge in [-0.05, 0) is 57.4 Å². The summed E-state index contributed by atoms with van der Waals surface area (Å²) in [6, 6.07) is 1.10. The minimum Gasteiger partial charge on any atom is -0.395 e. The molecule has 0 saturated carbocycles. The van der Waals surface area contributed by atoms with Crippen LogP contribution < -0.4 is 0 Å². The predicted molar refractivity (Wildman–Crippen MR) is 108 cm³/mol. The van der Waals surface area contributed by atoms with Crippen molar-refractivity contribution in [2.45, 2.75) is 91.5 Å². The predicted octanol–water partition coefficient (Wildman–Crippen LogP) is 5.63. The highest BCUT2D eigenvalue weighted by Crippen LogP contribution is 2.38. The summed E-state index contributed by atoms with van der Waals surface area (Å²) >= 11 is 0. The van der Waals surface area contributed by atoms with Crippen molar-refractivity contribution in [3.05, 3.63) is 0 Å². The Morgan fingerprint density at radius 2 is 1.30 bits per heavy atom. The summed E-state index contributed by atoms with van der Waals surface area (Å²) in [5, 5.41) is 0.404. The number of hydrogen-bond donors (Lipinski definition) is 0. The van der Waals surface area contributed by atoms with Gasteiger partial charge in [0.1, 0.15) is 8.24 Å². The Hall–Kier alpha value is 0.314. The van der Waals surface area contributed by atoms with Crippen molar-refractivity contribution in [2.24, 2.45) is 0 Å². The van der Waals surface area contributed by atoms with Crippen LogP contribution in [0.4, 0.5) is 0 Å². The van der Waals surface area contributed by atoms with Crippen molar-refractivity contribution in [2.75, 3.05) is 26.3 Å². The van der Waals surface area contributed by atoms with E-state index in [0.717, 1.165) is 19.3 Å². The summed E-state index contributed by atoms with van der Waals surface area (Å²) in [7, 11) is -3.40. The van der Waals surface area contributed by atoms with Gasteiger partial charge < -0.3 is 13.4 Å². The lowest BCUT2D eigenvalue weighted by molar-refractivity contribution is 0.187. The zero-order valence-corrected chi connectivity index (χ0v) is 19.4. The standard InChI is InChI=1S/C18H43NO2Si2/c1-10-13-15-19(22(7,8)18(4,5)6)16-14-17-23(9,20-11-2)21-12-3/h10-17H2,1-9H3. The second-order valence-corrected chi connectivity index (χ2v) is 16.8. The third-order valence-corrected chi connectivity index (χ3v) is 14.1. The average molecular weight is 362 g/mol. The molecule has 0 aromatic carbocycles. The highest BCUT2D eigenvalue weighted by molar-refractivity contribution is 6.77. The van der Waals surface area contributed by atoms with Gasteiger partial charge in [0.25, 0.3) is 0 Å². The number of nitrogens with zero attached hydrogens (tertiary/aromatic N) is 1. The van der Waals surface area contributed by atoms with Gasteiger partial charge in [-0.1, -0.05) is 47.2 Å². The van der Waals surface area contributed by atoms with Crippen molar-refractivity contribution >= 4 is 16.8 Å². The molecule has 0 aliphatic carbocycles. The normalized spacial score (nSPS) is 13.8. The molecule has 0 fully saturated rings. The maximum atomic E-state index is 6.00. The van der Waals surface area contributed by atoms with Gasteiger partial charge in [-0.25, -0.2) is 0 Å². The summed E-state index contributed by atoms with van der Waals surface area (Å²) in [6.07, 6.45) is 3.77. The van der Waals surface area contributed by atoms with Crippen LogP contribution in [0.25, 0.3) is 0 Å². The van der Waals surface area contributed by atoms with Gasteiger partial charge in [-0.15, -0.1) is 0 Å². The molecule has 0 amide bonds. The fourth-order valence-corrected chi connectivity index (χ4v) is 7.66. The third kappa shape index (κ3) is 7.82. The van der Waals surface area contributed by atoms with E-state index in [4.69, 9.17) is 8.85 Å². The van der Waals surface area contributed by atoms with E-state index in [9.17, 15) is 0 Å². The van der Waals surface area contributed by atoms with E-state index in [2.05, 4.69) is 65.7 Å². The van der Waals surface area contributed by atoms with E-state index in [1.54, 1.807) is 0 Å². The molecular formula is C18H43NO2Si2. The summed E-state index contributed by atoms with van der Waals surface area (Å²) in [6.45, 7) is 24.9. The van der Waals surface area contributed by atoms with Crippen molar-refractivity contribution in [1.29, 1.82) is 0 Å². The van der Waals surface area contributed by atoms with Crippen LogP contribution in [0.5, 0.6) is 0 Å². The van der Waals surface area contributed by atoms with Crippen LogP contribution in [0.3, 0.4) is 0 Å². The summed E-state index contributed by atoms with van der Waals surface area (Å²) in [5.74, 6) is 0. The quantitative estimate of drug-likeness (QED) is 0.420. The molecule has 0 bridgehead atoms. The molecule has 0 rings (SSSR count). The van der Waals surface area contributed by atoms with Gasteiger partial charge in [-0.2, -0.15) is 0 Å². The minimum absolute atomic E-state index is 0.404. The van der Waals surface area contributed by atoms with Crippen molar-refractivity contribution < 1.29 is 8.85 Å². The van der Waals surface area contributed by atoms with Crippen molar-refractivity contribution in [3.63, 3.8) is 0 Å². The Labute approximate surface area is 148 Å². The maximum Gasteiger partial charge on any atom is 0.334 e. The molecule has 0 saturated heterocycles. The van der Waals surface area contributed by atoms with Crippen LogP contribution in [-0.4, -0.2) is 47.7 Å². The van der Waals surface area contributed by atoms with Crippen LogP contribution in [0, 0.1) is 0 Å². The largest absolute Gasteiger partial charge is 0.395 e. The molecule has 0 aromatic rings. The summed E-state index contributed by atoms with van der Waals surface area (Å²) in [4.78, 5) is 0. The molecule has 3 nitrogen and oxygen atoms in total. The van der Waals surface area contributed by atoms with Crippen LogP contribution in [0.2, 0.25) is 30.7 Å². The van der Waals surface area contributed by atoms with E-state index in [-0.39, 0.29) is 0 Å². The Balaban J connectivity index is 4.79. The first kappa shape index (κ1) is 23.3. The Kier molecular flexibility index (Phi) is 10.5. The molecule has 0 aliphatic rings. The lowest BCUT2D eigenvalue weighted by Crippen LogP contribution is -2.55. The fourth-order valence-electron chi connectivity index (χ4n) is 2.88. The first-order valence-corrected chi connectivity index (χ1v) is 15.0. The monoisotopic (exact) mass is 361 g/mol. The first-order valence-electron chi connectivity index (χ1n) is 9.57. The molecule has 0 radical (unpaired) electrons. The second-order valence-electron chi connectivity index (χ2n) is 8.25. The topological polar surface area (TPSA) is 21.7 Å². The summed E-state index contributed by atoms with van der Waals surface area (Å²) in [5.41, 5.74) is 0. The fraction of sp³-hybridized carbons (Fsp3) is 1.00. The molecule has 0 N–H and O–H groups in total. The van der Waals surface area contributed by atoms with Gasteiger partial charge in [0.05, 0.1) is 0 Å². The molecular weight excluding hydrogens is 318 g/mol. The van der Waals surface area contributed by atoms with Crippen LogP contribution in [-0.2, 0) is 8.85 Å². The van der Waals surface area contributed by atoms with E-state index >= 15 is 0 Å². The lowest BCUT2D eigenvalue weighted by Gasteiger charge is -2.46. The zero-order valence-electron chi connectivity index (χ0n) is 17.4. The SMILES string of the molecule is CCCCN(CCC[Si](C)(OCC)OCC)[Si](C)(C)C(C)(C)C. The maximum absolute atomic E-state index is 6.00. The smallest absolute Gasteiger partial charge is 0.334 e. The Morgan fingerprint density at radius 3 is 1.70 bits per heavy atom. The molecule has 140 valence electrons. The van der Waals surface area contributed by atoms with Gasteiger partial charge in [-0.3, -0.25) is 0 Å². The highest BCUT2D eigenvalue weighted by atomic mass is 28.4. The Morgan fingerprint density at radius 1 is 0.826 bits per heavy atom. The van der Waals surface area contributed by atoms with E-state index in [0.29, 0.717) is 5.04 Å². The van der Waals surface area contributed by atoms with Crippen molar-refractivity contribution in [1.82, 2.24) is 4.57 Å². The minimum atomic E-state index is -1.96. The molecule has 0 aliphatic heterocycles. The van der Waals surface area contributed by atoms with Gasteiger partial charge in [0, 0.05) is 13.2 Å². The van der Waals surface area contributed by atoms with Crippen LogP contribution >= 0.6 is 0 Å². The van der Waals surface area contributed by atoms with E-state index in [1.165, 1.54) is 32.4 Å². The molecule has 5 heteroatoms. The second kappa shape index (κ2) is 10.3. The molecule has 0 spiro atoms. The third-order valence-electron chi connectivity index (χ3n) is 5.37. The Bertz CT molecular complexity index is 311. The zero-order chi connectivity index (χ0) is 18.1. The van der Waals surface area contributed by atoms with E-state index < -0.39 is 16.8 Å². The number of rotatable bonds is 12. The molecule has 0 aromatic heterocycles. The molecule has 23 heavy (non-hydrogen) atoms.